The molecule has 0 aliphatic carbocycles. The van der Waals surface area contributed by atoms with Crippen molar-refractivity contribution < 1.29 is 17.3 Å². The standard InChI is InChI=1S/C22H24N4O4S2/c27-32-29-12-18(13-30-32)16-2-4-20(5-3-16)28-14-19-15-31-21(25-19)17-6-10-26(11-7-17)22-23-8-1-9-24-22/h1-5,8-9,15,17-18H,6-7,10-14H2/t18-,32+. The van der Waals surface area contributed by atoms with Gasteiger partial charge in [-0.25, -0.2) is 15.0 Å². The number of anilines is 1. The Kier molecular flexibility index (Phi) is 6.72. The number of piperidine rings is 1. The molecule has 3 aromatic rings. The van der Waals surface area contributed by atoms with E-state index in [9.17, 15) is 4.21 Å². The molecule has 1 aromatic carbocycles. The van der Waals surface area contributed by atoms with Crippen LogP contribution in [0.25, 0.3) is 0 Å². The highest BCUT2D eigenvalue weighted by molar-refractivity contribution is 7.75. The first-order valence-corrected chi connectivity index (χ1v) is 12.5. The topological polar surface area (TPSA) is 86.7 Å². The molecular formula is C22H24N4O4S2. The smallest absolute Gasteiger partial charge is 0.304 e. The highest BCUT2D eigenvalue weighted by atomic mass is 32.2. The van der Waals surface area contributed by atoms with Crippen LogP contribution in [0.3, 0.4) is 0 Å². The van der Waals surface area contributed by atoms with Crippen LogP contribution in [0.15, 0.2) is 48.1 Å². The van der Waals surface area contributed by atoms with Crippen LogP contribution in [0.5, 0.6) is 5.75 Å². The maximum atomic E-state index is 11.1. The predicted octanol–water partition coefficient (Wildman–Crippen LogP) is 3.61. The second kappa shape index (κ2) is 10.0. The highest BCUT2D eigenvalue weighted by Gasteiger charge is 2.24. The van der Waals surface area contributed by atoms with Gasteiger partial charge < -0.3 is 9.64 Å². The largest absolute Gasteiger partial charge is 0.487 e. The predicted molar refractivity (Wildman–Crippen MR) is 122 cm³/mol. The first-order valence-electron chi connectivity index (χ1n) is 10.6. The Balaban J connectivity index is 1.11. The SMILES string of the molecule is O=[S@]1OC[C@@H](c2ccc(OCc3csc(C4CCN(c5ncccn5)CC4)n3)cc2)CO1. The maximum absolute atomic E-state index is 11.1. The molecule has 0 saturated carbocycles. The number of aromatic nitrogens is 3. The van der Waals surface area contributed by atoms with Crippen molar-refractivity contribution in [1.29, 1.82) is 0 Å². The summed E-state index contributed by atoms with van der Waals surface area (Å²) >= 11 is 0.103. The number of benzene rings is 1. The molecule has 5 rings (SSSR count). The van der Waals surface area contributed by atoms with Gasteiger partial charge >= 0.3 is 11.4 Å². The fraction of sp³-hybridized carbons (Fsp3) is 0.409. The van der Waals surface area contributed by atoms with Crippen LogP contribution < -0.4 is 9.64 Å². The molecule has 0 unspecified atom stereocenters. The summed E-state index contributed by atoms with van der Waals surface area (Å²) < 4.78 is 27.2. The van der Waals surface area contributed by atoms with Gasteiger partial charge in [-0.1, -0.05) is 12.1 Å². The summed E-state index contributed by atoms with van der Waals surface area (Å²) in [6.45, 7) is 3.12. The summed E-state index contributed by atoms with van der Waals surface area (Å²) in [6, 6.07) is 9.72. The lowest BCUT2D eigenvalue weighted by atomic mass is 9.98. The van der Waals surface area contributed by atoms with Gasteiger partial charge in [-0.2, -0.15) is 4.21 Å². The van der Waals surface area contributed by atoms with Crippen molar-refractivity contribution in [2.45, 2.75) is 31.3 Å². The molecule has 4 heterocycles. The van der Waals surface area contributed by atoms with Crippen LogP contribution >= 0.6 is 11.3 Å². The molecule has 0 atom stereocenters. The molecule has 168 valence electrons. The normalized spacial score (nSPS) is 22.1. The van der Waals surface area contributed by atoms with Gasteiger partial charge in [0.05, 0.1) is 23.9 Å². The molecule has 0 bridgehead atoms. The second-order valence-corrected chi connectivity index (χ2v) is 9.58. The quantitative estimate of drug-likeness (QED) is 0.538. The third-order valence-corrected chi connectivity index (χ3v) is 7.43. The van der Waals surface area contributed by atoms with E-state index in [0.717, 1.165) is 48.9 Å². The molecule has 2 aromatic heterocycles. The monoisotopic (exact) mass is 472 g/mol. The molecular weight excluding hydrogens is 448 g/mol. The van der Waals surface area contributed by atoms with Crippen LogP contribution in [-0.4, -0.2) is 45.5 Å². The van der Waals surface area contributed by atoms with E-state index in [1.165, 1.54) is 5.01 Å². The second-order valence-electron chi connectivity index (χ2n) is 7.81. The van der Waals surface area contributed by atoms with Crippen molar-refractivity contribution >= 4 is 28.6 Å². The van der Waals surface area contributed by atoms with Crippen molar-refractivity contribution in [2.24, 2.45) is 0 Å². The van der Waals surface area contributed by atoms with E-state index < -0.39 is 11.4 Å². The van der Waals surface area contributed by atoms with E-state index in [0.29, 0.717) is 25.7 Å². The Morgan fingerprint density at radius 1 is 1.06 bits per heavy atom. The van der Waals surface area contributed by atoms with Gasteiger partial charge in [0, 0.05) is 42.7 Å². The molecule has 2 fully saturated rings. The number of nitrogens with zero attached hydrogens (tertiary/aromatic N) is 4. The molecule has 32 heavy (non-hydrogen) atoms. The lowest BCUT2D eigenvalue weighted by Crippen LogP contribution is -2.34. The average Bonchev–Trinajstić information content (AvgIpc) is 3.33. The highest BCUT2D eigenvalue weighted by Crippen LogP contribution is 2.31. The van der Waals surface area contributed by atoms with Crippen LogP contribution in [-0.2, 0) is 26.3 Å². The van der Waals surface area contributed by atoms with Gasteiger partial charge in [-0.15, -0.1) is 11.3 Å². The fourth-order valence-electron chi connectivity index (χ4n) is 3.90. The summed E-state index contributed by atoms with van der Waals surface area (Å²) in [6.07, 6.45) is 5.68. The molecule has 8 nitrogen and oxygen atoms in total. The summed E-state index contributed by atoms with van der Waals surface area (Å²) in [4.78, 5) is 15.8. The number of hydrogen-bond acceptors (Lipinski definition) is 9. The van der Waals surface area contributed by atoms with Crippen LogP contribution in [0.1, 0.15) is 40.9 Å². The third-order valence-electron chi connectivity index (χ3n) is 5.72. The number of ether oxygens (including phenoxy) is 1. The Morgan fingerprint density at radius 3 is 2.50 bits per heavy atom. The Labute approximate surface area is 193 Å². The zero-order valence-electron chi connectivity index (χ0n) is 17.5. The summed E-state index contributed by atoms with van der Waals surface area (Å²) in [7, 11) is 0. The van der Waals surface area contributed by atoms with Crippen molar-refractivity contribution in [3.05, 3.63) is 64.4 Å². The first-order chi connectivity index (χ1) is 15.7. The molecule has 10 heteroatoms. The van der Waals surface area contributed by atoms with E-state index in [4.69, 9.17) is 18.1 Å². The van der Waals surface area contributed by atoms with E-state index in [1.807, 2.05) is 30.3 Å². The van der Waals surface area contributed by atoms with Crippen molar-refractivity contribution in [1.82, 2.24) is 15.0 Å². The third kappa shape index (κ3) is 5.15. The number of rotatable bonds is 6. The Hall–Kier alpha value is -2.40. The van der Waals surface area contributed by atoms with Crippen LogP contribution in [0.2, 0.25) is 0 Å². The van der Waals surface area contributed by atoms with Crippen LogP contribution in [0.4, 0.5) is 5.95 Å². The van der Waals surface area contributed by atoms with Crippen molar-refractivity contribution in [3.8, 4) is 5.75 Å². The molecule has 2 saturated heterocycles. The fourth-order valence-corrected chi connectivity index (χ4v) is 5.50. The zero-order chi connectivity index (χ0) is 21.8. The van der Waals surface area contributed by atoms with Crippen molar-refractivity contribution in [3.63, 3.8) is 0 Å². The molecule has 0 N–H and O–H groups in total. The van der Waals surface area contributed by atoms with E-state index in [1.54, 1.807) is 23.7 Å². The van der Waals surface area contributed by atoms with E-state index >= 15 is 0 Å². The maximum Gasteiger partial charge on any atom is 0.304 e. The minimum atomic E-state index is -1.61. The van der Waals surface area contributed by atoms with Gasteiger partial charge in [0.25, 0.3) is 0 Å². The Bertz CT molecular complexity index is 1030. The first kappa shape index (κ1) is 21.4. The van der Waals surface area contributed by atoms with Gasteiger partial charge in [0.1, 0.15) is 12.4 Å². The lowest BCUT2D eigenvalue weighted by Gasteiger charge is -2.30. The van der Waals surface area contributed by atoms with Gasteiger partial charge in [0.15, 0.2) is 0 Å². The molecule has 0 spiro atoms. The summed E-state index contributed by atoms with van der Waals surface area (Å²) in [5.74, 6) is 2.16. The number of hydrogen-bond donors (Lipinski definition) is 0. The molecule has 0 radical (unpaired) electrons. The average molecular weight is 473 g/mol. The van der Waals surface area contributed by atoms with Crippen LogP contribution in [0, 0.1) is 0 Å². The molecule has 2 aliphatic heterocycles. The summed E-state index contributed by atoms with van der Waals surface area (Å²) in [5.41, 5.74) is 2.04. The van der Waals surface area contributed by atoms with Gasteiger partial charge in [0.2, 0.25) is 5.95 Å². The van der Waals surface area contributed by atoms with E-state index in [-0.39, 0.29) is 5.92 Å². The Morgan fingerprint density at radius 2 is 1.78 bits per heavy atom. The number of thiazole rings is 1. The van der Waals surface area contributed by atoms with Gasteiger partial charge in [-0.3, -0.25) is 8.37 Å². The van der Waals surface area contributed by atoms with Crippen molar-refractivity contribution in [2.75, 3.05) is 31.2 Å². The lowest BCUT2D eigenvalue weighted by molar-refractivity contribution is 0.160. The van der Waals surface area contributed by atoms with E-state index in [2.05, 4.69) is 20.2 Å². The minimum Gasteiger partial charge on any atom is -0.487 e. The summed E-state index contributed by atoms with van der Waals surface area (Å²) in [5, 5.41) is 3.27. The minimum absolute atomic E-state index is 0.0859. The molecule has 2 aliphatic rings. The zero-order valence-corrected chi connectivity index (χ0v) is 19.1. The molecule has 0 amide bonds. The van der Waals surface area contributed by atoms with Gasteiger partial charge in [-0.05, 0) is 36.6 Å².